The summed E-state index contributed by atoms with van der Waals surface area (Å²) in [7, 11) is -3.83. The molecule has 1 aliphatic rings. The maximum atomic E-state index is 12.3. The lowest BCUT2D eigenvalue weighted by Crippen LogP contribution is -2.39. The Morgan fingerprint density at radius 1 is 1.24 bits per heavy atom. The van der Waals surface area contributed by atoms with Crippen LogP contribution in [0.2, 0.25) is 0 Å². The summed E-state index contributed by atoms with van der Waals surface area (Å²) in [6.45, 7) is 2.10. The summed E-state index contributed by atoms with van der Waals surface area (Å²) < 4.78 is 37.8. The minimum Gasteiger partial charge on any atom is -0.490 e. The first-order valence-electron chi connectivity index (χ1n) is 7.71. The largest absolute Gasteiger partial charge is 0.490 e. The van der Waals surface area contributed by atoms with E-state index in [1.165, 1.54) is 25.1 Å². The summed E-state index contributed by atoms with van der Waals surface area (Å²) in [5, 5.41) is 10.9. The predicted molar refractivity (Wildman–Crippen MR) is 87.1 cm³/mol. The van der Waals surface area contributed by atoms with Gasteiger partial charge in [-0.2, -0.15) is 0 Å². The number of amides is 1. The van der Waals surface area contributed by atoms with Crippen molar-refractivity contribution in [2.45, 2.75) is 30.7 Å². The summed E-state index contributed by atoms with van der Waals surface area (Å²) in [6, 6.07) is 3.25. The van der Waals surface area contributed by atoms with Gasteiger partial charge in [0.05, 0.1) is 18.1 Å². The third kappa shape index (κ3) is 5.33. The zero-order valence-corrected chi connectivity index (χ0v) is 14.5. The fraction of sp³-hybridized carbons (Fsp3) is 0.467. The fourth-order valence-electron chi connectivity index (χ4n) is 2.07. The number of ether oxygens (including phenoxy) is 2. The Labute approximate surface area is 145 Å². The first-order valence-corrected chi connectivity index (χ1v) is 9.19. The van der Waals surface area contributed by atoms with Crippen molar-refractivity contribution in [3.63, 3.8) is 0 Å². The lowest BCUT2D eigenvalue weighted by Gasteiger charge is -2.11. The molecule has 1 aromatic rings. The van der Waals surface area contributed by atoms with Gasteiger partial charge in [-0.15, -0.1) is 0 Å². The van der Waals surface area contributed by atoms with E-state index < -0.39 is 27.9 Å². The molecule has 3 N–H and O–H groups in total. The molecule has 1 aromatic carbocycles. The summed E-state index contributed by atoms with van der Waals surface area (Å²) in [5.74, 6) is -0.885. The summed E-state index contributed by atoms with van der Waals surface area (Å²) in [6.07, 6.45) is 0.528. The van der Waals surface area contributed by atoms with Crippen LogP contribution in [0.3, 0.4) is 0 Å². The maximum absolute atomic E-state index is 12.3. The van der Waals surface area contributed by atoms with Gasteiger partial charge in [-0.3, -0.25) is 9.59 Å². The number of hydrogen-bond acceptors (Lipinski definition) is 6. The number of carbonyl (C=O) groups excluding carboxylic acids is 1. The molecular formula is C15H20N2O7S. The highest BCUT2D eigenvalue weighted by Gasteiger charge is 2.19. The van der Waals surface area contributed by atoms with Crippen molar-refractivity contribution in [1.29, 1.82) is 0 Å². The Hall–Kier alpha value is -2.33. The van der Waals surface area contributed by atoms with Crippen LogP contribution in [0.5, 0.6) is 11.5 Å². The molecule has 1 aliphatic heterocycles. The molecule has 0 saturated heterocycles. The molecule has 0 aromatic heterocycles. The van der Waals surface area contributed by atoms with Gasteiger partial charge < -0.3 is 19.9 Å². The van der Waals surface area contributed by atoms with Crippen LogP contribution >= 0.6 is 0 Å². The molecule has 0 aliphatic carbocycles. The van der Waals surface area contributed by atoms with Gasteiger partial charge in [-0.05, 0) is 19.1 Å². The van der Waals surface area contributed by atoms with Gasteiger partial charge in [0.25, 0.3) is 0 Å². The number of carbonyl (C=O) groups is 2. The smallest absolute Gasteiger partial charge is 0.325 e. The van der Waals surface area contributed by atoms with E-state index in [2.05, 4.69) is 10.0 Å². The SMILES string of the molecule is CC(NC(=O)CCNS(=O)(=O)c1ccc2c(c1)OCCCO2)C(=O)O. The van der Waals surface area contributed by atoms with Crippen LogP contribution in [0.1, 0.15) is 19.8 Å². The van der Waals surface area contributed by atoms with Crippen molar-refractivity contribution in [3.05, 3.63) is 18.2 Å². The average Bonchev–Trinajstić information content (AvgIpc) is 2.79. The Kier molecular flexibility index (Phi) is 6.21. The molecule has 0 spiro atoms. The molecule has 1 amide bonds. The Morgan fingerprint density at radius 3 is 2.60 bits per heavy atom. The van der Waals surface area contributed by atoms with Gasteiger partial charge in [0, 0.05) is 25.5 Å². The van der Waals surface area contributed by atoms with Crippen molar-refractivity contribution < 1.29 is 32.6 Å². The number of nitrogens with one attached hydrogen (secondary N) is 2. The van der Waals surface area contributed by atoms with Gasteiger partial charge in [-0.25, -0.2) is 13.1 Å². The van der Waals surface area contributed by atoms with E-state index >= 15 is 0 Å². The molecule has 10 heteroatoms. The predicted octanol–water partition coefficient (Wildman–Crippen LogP) is 0.106. The first kappa shape index (κ1) is 19.0. The second-order valence-corrected chi connectivity index (χ2v) is 7.20. The van der Waals surface area contributed by atoms with Crippen molar-refractivity contribution in [1.82, 2.24) is 10.0 Å². The molecule has 0 radical (unpaired) electrons. The van der Waals surface area contributed by atoms with Gasteiger partial charge in [0.15, 0.2) is 11.5 Å². The molecule has 2 rings (SSSR count). The van der Waals surface area contributed by atoms with Crippen LogP contribution in [0.4, 0.5) is 0 Å². The number of sulfonamides is 1. The lowest BCUT2D eigenvalue weighted by molar-refractivity contribution is -0.141. The number of aliphatic carboxylic acids is 1. The Balaban J connectivity index is 1.94. The molecule has 25 heavy (non-hydrogen) atoms. The number of benzene rings is 1. The molecule has 0 saturated carbocycles. The third-order valence-electron chi connectivity index (χ3n) is 3.42. The van der Waals surface area contributed by atoms with E-state index in [0.717, 1.165) is 0 Å². The highest BCUT2D eigenvalue weighted by Crippen LogP contribution is 2.31. The molecule has 138 valence electrons. The van der Waals surface area contributed by atoms with Crippen LogP contribution in [0.25, 0.3) is 0 Å². The van der Waals surface area contributed by atoms with Crippen molar-refractivity contribution in [3.8, 4) is 11.5 Å². The minimum atomic E-state index is -3.83. The second-order valence-electron chi connectivity index (χ2n) is 5.43. The number of fused-ring (bicyclic) bond motifs is 1. The van der Waals surface area contributed by atoms with E-state index in [0.29, 0.717) is 31.1 Å². The van der Waals surface area contributed by atoms with Crippen LogP contribution in [0.15, 0.2) is 23.1 Å². The van der Waals surface area contributed by atoms with E-state index in [1.54, 1.807) is 0 Å². The molecule has 9 nitrogen and oxygen atoms in total. The van der Waals surface area contributed by atoms with Gasteiger partial charge in [0.1, 0.15) is 6.04 Å². The zero-order valence-electron chi connectivity index (χ0n) is 13.6. The van der Waals surface area contributed by atoms with E-state index in [-0.39, 0.29) is 17.9 Å². The van der Waals surface area contributed by atoms with Crippen LogP contribution in [0, 0.1) is 0 Å². The van der Waals surface area contributed by atoms with Crippen LogP contribution < -0.4 is 19.5 Å². The number of carboxylic acids is 1. The molecule has 1 heterocycles. The second kappa shape index (κ2) is 8.17. The van der Waals surface area contributed by atoms with Crippen molar-refractivity contribution in [2.24, 2.45) is 0 Å². The molecule has 1 atom stereocenters. The molecular weight excluding hydrogens is 352 g/mol. The fourth-order valence-corrected chi connectivity index (χ4v) is 3.12. The van der Waals surface area contributed by atoms with E-state index in [9.17, 15) is 18.0 Å². The standard InChI is InChI=1S/C15H20N2O7S/c1-10(15(19)20)17-14(18)5-6-16-25(21,22)11-3-4-12-13(9-11)24-8-2-7-23-12/h3-4,9-10,16H,2,5-8H2,1H3,(H,17,18)(H,19,20). The van der Waals surface area contributed by atoms with Gasteiger partial charge in [-0.1, -0.05) is 0 Å². The third-order valence-corrected chi connectivity index (χ3v) is 4.88. The van der Waals surface area contributed by atoms with E-state index in [4.69, 9.17) is 14.6 Å². The van der Waals surface area contributed by atoms with Gasteiger partial charge >= 0.3 is 5.97 Å². The van der Waals surface area contributed by atoms with Crippen LogP contribution in [-0.2, 0) is 19.6 Å². The number of hydrogen-bond donors (Lipinski definition) is 3. The summed E-state index contributed by atoms with van der Waals surface area (Å²) in [5.41, 5.74) is 0. The Bertz CT molecular complexity index is 748. The van der Waals surface area contributed by atoms with Crippen molar-refractivity contribution in [2.75, 3.05) is 19.8 Å². The van der Waals surface area contributed by atoms with Crippen molar-refractivity contribution >= 4 is 21.9 Å². The number of rotatable bonds is 7. The maximum Gasteiger partial charge on any atom is 0.325 e. The van der Waals surface area contributed by atoms with Gasteiger partial charge in [0.2, 0.25) is 15.9 Å². The number of carboxylic acid groups (broad SMARTS) is 1. The normalized spacial score (nSPS) is 15.1. The highest BCUT2D eigenvalue weighted by molar-refractivity contribution is 7.89. The van der Waals surface area contributed by atoms with Crippen LogP contribution in [-0.4, -0.2) is 51.2 Å². The topological polar surface area (TPSA) is 131 Å². The quantitative estimate of drug-likeness (QED) is 0.619. The highest BCUT2D eigenvalue weighted by atomic mass is 32.2. The lowest BCUT2D eigenvalue weighted by atomic mass is 10.3. The first-order chi connectivity index (χ1) is 11.8. The zero-order chi connectivity index (χ0) is 18.4. The monoisotopic (exact) mass is 372 g/mol. The molecule has 1 unspecified atom stereocenters. The average molecular weight is 372 g/mol. The Morgan fingerprint density at radius 2 is 1.92 bits per heavy atom. The van der Waals surface area contributed by atoms with E-state index in [1.807, 2.05) is 0 Å². The summed E-state index contributed by atoms with van der Waals surface area (Å²) in [4.78, 5) is 22.2. The molecule has 0 fully saturated rings. The summed E-state index contributed by atoms with van der Waals surface area (Å²) >= 11 is 0. The minimum absolute atomic E-state index is 0.00365. The molecule has 0 bridgehead atoms.